The molecular weight excluding hydrogens is 593 g/mol. The molecule has 0 spiro atoms. The van der Waals surface area contributed by atoms with E-state index < -0.39 is 70.3 Å². The monoisotopic (exact) mass is 618 g/mol. The van der Waals surface area contributed by atoms with E-state index in [-0.39, 0.29) is 49.5 Å². The number of halogens is 7. The van der Waals surface area contributed by atoms with E-state index in [0.717, 1.165) is 25.3 Å². The first-order chi connectivity index (χ1) is 20.1. The molecule has 1 saturated heterocycles. The molecule has 1 aliphatic rings. The van der Waals surface area contributed by atoms with E-state index >= 15 is 4.39 Å². The summed E-state index contributed by atoms with van der Waals surface area (Å²) in [5.74, 6) is -3.95. The Morgan fingerprint density at radius 2 is 1.70 bits per heavy atom. The molecule has 1 aromatic heterocycles. The smallest absolute Gasteiger partial charge is 0.492 e. The molecule has 0 atom stereocenters. The Kier molecular flexibility index (Phi) is 8.78. The molecule has 232 valence electrons. The van der Waals surface area contributed by atoms with Gasteiger partial charge in [0.05, 0.1) is 18.0 Å². The average molecular weight is 619 g/mol. The van der Waals surface area contributed by atoms with Crippen molar-refractivity contribution >= 4 is 28.4 Å². The van der Waals surface area contributed by atoms with E-state index in [0.29, 0.717) is 10.8 Å². The van der Waals surface area contributed by atoms with Crippen LogP contribution >= 0.6 is 0 Å². The zero-order valence-electron chi connectivity index (χ0n) is 22.4. The molecule has 0 radical (unpaired) electrons. The number of carbonyl (C=O) groups excluding carboxylic acids is 2. The van der Waals surface area contributed by atoms with Crippen LogP contribution in [0.4, 0.5) is 36.4 Å². The Labute approximate surface area is 238 Å². The van der Waals surface area contributed by atoms with Gasteiger partial charge in [0.2, 0.25) is 11.3 Å². The average Bonchev–Trinajstić information content (AvgIpc) is 2.91. The number of alkyl halides is 6. The van der Waals surface area contributed by atoms with Crippen LogP contribution in [0.2, 0.25) is 0 Å². The minimum absolute atomic E-state index is 0.139. The van der Waals surface area contributed by atoms with Gasteiger partial charge in [-0.25, -0.2) is 4.39 Å². The number of amides is 2. The summed E-state index contributed by atoms with van der Waals surface area (Å²) in [5, 5.41) is 1.78. The third kappa shape index (κ3) is 7.29. The minimum atomic E-state index is -4.91. The van der Waals surface area contributed by atoms with E-state index in [9.17, 15) is 40.7 Å². The first-order valence-electron chi connectivity index (χ1n) is 12.8. The van der Waals surface area contributed by atoms with Crippen molar-refractivity contribution in [1.82, 2.24) is 9.88 Å². The van der Waals surface area contributed by atoms with E-state index in [4.69, 9.17) is 10.5 Å². The van der Waals surface area contributed by atoms with Crippen molar-refractivity contribution in [1.29, 1.82) is 0 Å². The Bertz CT molecular complexity index is 1580. The zero-order chi connectivity index (χ0) is 31.7. The molecule has 1 aliphatic heterocycles. The second-order valence-corrected chi connectivity index (χ2v) is 9.79. The van der Waals surface area contributed by atoms with Crippen LogP contribution < -0.4 is 30.9 Å². The number of carbonyl (C=O) groups is 2. The summed E-state index contributed by atoms with van der Waals surface area (Å²) >= 11 is 0. The van der Waals surface area contributed by atoms with Gasteiger partial charge in [0.25, 0.3) is 5.91 Å². The Morgan fingerprint density at radius 3 is 2.23 bits per heavy atom. The second-order valence-electron chi connectivity index (χ2n) is 9.79. The van der Waals surface area contributed by atoms with Crippen molar-refractivity contribution < 1.29 is 49.8 Å². The van der Waals surface area contributed by atoms with Crippen molar-refractivity contribution in [2.75, 3.05) is 25.1 Å². The van der Waals surface area contributed by atoms with Crippen LogP contribution in [0, 0.1) is 11.7 Å². The number of rotatable bonds is 8. The van der Waals surface area contributed by atoms with Crippen LogP contribution in [0.5, 0.6) is 11.5 Å². The lowest BCUT2D eigenvalue weighted by molar-refractivity contribution is -0.274. The summed E-state index contributed by atoms with van der Waals surface area (Å²) < 4.78 is 103. The zero-order valence-corrected chi connectivity index (χ0v) is 22.4. The van der Waals surface area contributed by atoms with Gasteiger partial charge in [-0.1, -0.05) is 12.1 Å². The number of nitrogens with zero attached hydrogens (tertiary/aromatic N) is 2. The lowest BCUT2D eigenvalue weighted by Gasteiger charge is -2.34. The summed E-state index contributed by atoms with van der Waals surface area (Å²) in [6.45, 7) is -1.69. The largest absolute Gasteiger partial charge is 0.573 e. The molecule has 1 fully saturated rings. The molecular formula is C27H25F7N4O5. The topological polar surface area (TPSA) is 116 Å². The summed E-state index contributed by atoms with van der Waals surface area (Å²) in [6.07, 6.45) is -8.51. The van der Waals surface area contributed by atoms with Gasteiger partial charge >= 0.3 is 12.5 Å². The molecule has 0 unspecified atom stereocenters. The van der Waals surface area contributed by atoms with Crippen molar-refractivity contribution in [2.45, 2.75) is 38.5 Å². The predicted molar refractivity (Wildman–Crippen MR) is 139 cm³/mol. The minimum Gasteiger partial charge on any atom is -0.492 e. The number of pyridine rings is 1. The molecule has 16 heteroatoms. The molecule has 0 bridgehead atoms. The van der Waals surface area contributed by atoms with Crippen molar-refractivity contribution in [3.05, 3.63) is 63.7 Å². The lowest BCUT2D eigenvalue weighted by atomic mass is 9.95. The fourth-order valence-corrected chi connectivity index (χ4v) is 4.93. The van der Waals surface area contributed by atoms with E-state index in [1.165, 1.54) is 17.0 Å². The van der Waals surface area contributed by atoms with Gasteiger partial charge in [-0.05, 0) is 36.6 Å². The normalized spacial score (nSPS) is 14.6. The van der Waals surface area contributed by atoms with Crippen LogP contribution in [0.15, 0.2) is 41.3 Å². The summed E-state index contributed by atoms with van der Waals surface area (Å²) in [6, 6.07) is 5.13. The quantitative estimate of drug-likeness (QED) is 0.365. The van der Waals surface area contributed by atoms with Crippen LogP contribution in [0.1, 0.15) is 28.8 Å². The van der Waals surface area contributed by atoms with Gasteiger partial charge in [0.1, 0.15) is 23.5 Å². The molecule has 2 amide bonds. The van der Waals surface area contributed by atoms with Crippen molar-refractivity contribution in [2.24, 2.45) is 11.7 Å². The number of hydrogen-bond acceptors (Lipinski definition) is 6. The van der Waals surface area contributed by atoms with E-state index in [1.807, 2.05) is 0 Å². The highest BCUT2D eigenvalue weighted by Crippen LogP contribution is 2.40. The van der Waals surface area contributed by atoms with Crippen LogP contribution in [0.25, 0.3) is 10.9 Å². The van der Waals surface area contributed by atoms with E-state index in [2.05, 4.69) is 10.1 Å². The summed E-state index contributed by atoms with van der Waals surface area (Å²) in [5.41, 5.74) is 3.24. The molecule has 43 heavy (non-hydrogen) atoms. The first-order valence-corrected chi connectivity index (χ1v) is 12.8. The van der Waals surface area contributed by atoms with Crippen molar-refractivity contribution in [3.63, 3.8) is 0 Å². The Morgan fingerprint density at radius 1 is 1.07 bits per heavy atom. The molecule has 2 aromatic carbocycles. The summed E-state index contributed by atoms with van der Waals surface area (Å²) in [7, 11) is 1.10. The number of nitrogens with one attached hydrogen (secondary N) is 1. The van der Waals surface area contributed by atoms with Crippen LogP contribution in [0.3, 0.4) is 0 Å². The first kappa shape index (κ1) is 31.4. The number of ether oxygens (including phenoxy) is 2. The van der Waals surface area contributed by atoms with E-state index in [1.54, 1.807) is 0 Å². The number of anilines is 1. The number of primary amides is 1. The number of benzene rings is 2. The van der Waals surface area contributed by atoms with Crippen LogP contribution in [-0.2, 0) is 17.9 Å². The number of piperidine rings is 1. The molecule has 4 rings (SSSR count). The van der Waals surface area contributed by atoms with Crippen LogP contribution in [-0.4, -0.2) is 49.1 Å². The maximum Gasteiger partial charge on any atom is 0.573 e. The SMILES string of the molecule is COc1c(N2CCC(C(N)=O)CC2)c(F)cc2c(=O)c(C(=O)NCc3ccc(OC(F)(F)F)cc3)cn(CC(F)(F)F)c12. The maximum atomic E-state index is 15.5. The molecule has 0 saturated carbocycles. The lowest BCUT2D eigenvalue weighted by Crippen LogP contribution is -2.39. The number of fused-ring (bicyclic) bond motifs is 1. The fraction of sp³-hybridized carbons (Fsp3) is 0.370. The number of hydrogen-bond donors (Lipinski definition) is 2. The molecule has 2 heterocycles. The number of nitrogens with two attached hydrogens (primary N) is 1. The number of methoxy groups -OCH3 is 1. The van der Waals surface area contributed by atoms with Gasteiger partial charge < -0.3 is 30.0 Å². The second kappa shape index (κ2) is 12.0. The number of aromatic nitrogens is 1. The predicted octanol–water partition coefficient (Wildman–Crippen LogP) is 4.24. The third-order valence-electron chi connectivity index (χ3n) is 6.87. The highest BCUT2D eigenvalue weighted by molar-refractivity contribution is 5.99. The molecule has 0 aliphatic carbocycles. The highest BCUT2D eigenvalue weighted by Gasteiger charge is 2.34. The molecule has 3 aromatic rings. The fourth-order valence-electron chi connectivity index (χ4n) is 4.93. The Balaban J connectivity index is 1.71. The molecule has 9 nitrogen and oxygen atoms in total. The summed E-state index contributed by atoms with van der Waals surface area (Å²) in [4.78, 5) is 39.3. The maximum absolute atomic E-state index is 15.5. The van der Waals surface area contributed by atoms with Gasteiger partial charge in [-0.2, -0.15) is 13.2 Å². The van der Waals surface area contributed by atoms with Gasteiger partial charge in [0.15, 0.2) is 11.6 Å². The molecule has 3 N–H and O–H groups in total. The Hall–Kier alpha value is -4.50. The third-order valence-corrected chi connectivity index (χ3v) is 6.87. The van der Waals surface area contributed by atoms with Gasteiger partial charge in [0, 0.05) is 31.7 Å². The van der Waals surface area contributed by atoms with Gasteiger partial charge in [-0.3, -0.25) is 14.4 Å². The van der Waals surface area contributed by atoms with Gasteiger partial charge in [-0.15, -0.1) is 13.2 Å². The highest BCUT2D eigenvalue weighted by atomic mass is 19.4. The standard InChI is InChI=1S/C27H25F7N4O5/c1-42-23-20-17(10-19(28)21(23)37-8-6-15(7-9-37)24(35)40)22(39)18(12-38(20)13-26(29,30)31)25(41)36-11-14-2-4-16(5-3-14)43-27(32,33)34/h2-5,10,12,15H,6-9,11,13H2,1H3,(H2,35,40)(H,36,41). The van der Waals surface area contributed by atoms with Crippen molar-refractivity contribution in [3.8, 4) is 11.5 Å².